The number of nitrogens with two attached hydrogens (primary N) is 1. The molecule has 0 unspecified atom stereocenters. The van der Waals surface area contributed by atoms with E-state index in [1.54, 1.807) is 29.2 Å². The molecule has 1 aliphatic heterocycles. The lowest BCUT2D eigenvalue weighted by Gasteiger charge is -2.30. The van der Waals surface area contributed by atoms with Crippen molar-refractivity contribution in [1.82, 2.24) is 4.90 Å². The van der Waals surface area contributed by atoms with E-state index in [2.05, 4.69) is 0 Å². The van der Waals surface area contributed by atoms with Gasteiger partial charge in [0.15, 0.2) is 0 Å². The molecular weight excluding hydrogens is 271 g/mol. The van der Waals surface area contributed by atoms with Gasteiger partial charge in [-0.05, 0) is 30.5 Å². The van der Waals surface area contributed by atoms with Crippen LogP contribution in [0.3, 0.4) is 0 Å². The molecule has 4 nitrogen and oxygen atoms in total. The number of primary amides is 1. The number of rotatable bonds is 4. The SMILES string of the molecule is NC(=O)C1CCN(C(=O)C/C=C/c2ccc(F)cc2)CC1. The zero-order valence-corrected chi connectivity index (χ0v) is 11.8. The first kappa shape index (κ1) is 15.2. The third kappa shape index (κ3) is 4.41. The Bertz CT molecular complexity index is 532. The highest BCUT2D eigenvalue weighted by Crippen LogP contribution is 2.17. The summed E-state index contributed by atoms with van der Waals surface area (Å²) in [6.45, 7) is 1.16. The number of likely N-dealkylation sites (tertiary alicyclic amines) is 1. The van der Waals surface area contributed by atoms with Crippen LogP contribution in [0.5, 0.6) is 0 Å². The van der Waals surface area contributed by atoms with Gasteiger partial charge in [-0.15, -0.1) is 0 Å². The average molecular weight is 290 g/mol. The summed E-state index contributed by atoms with van der Waals surface area (Å²) in [5, 5.41) is 0. The topological polar surface area (TPSA) is 63.4 Å². The molecule has 0 atom stereocenters. The second kappa shape index (κ2) is 7.02. The molecule has 0 aromatic heterocycles. The maximum absolute atomic E-state index is 12.8. The van der Waals surface area contributed by atoms with Crippen molar-refractivity contribution >= 4 is 17.9 Å². The predicted octanol–water partition coefficient (Wildman–Crippen LogP) is 1.95. The van der Waals surface area contributed by atoms with Gasteiger partial charge < -0.3 is 10.6 Å². The molecule has 1 aromatic rings. The molecule has 0 saturated carbocycles. The molecular formula is C16H19FN2O2. The molecule has 0 spiro atoms. The van der Waals surface area contributed by atoms with Crippen LogP contribution in [-0.4, -0.2) is 29.8 Å². The van der Waals surface area contributed by atoms with Gasteiger partial charge in [0.05, 0.1) is 0 Å². The minimum Gasteiger partial charge on any atom is -0.369 e. The fraction of sp³-hybridized carbons (Fsp3) is 0.375. The van der Waals surface area contributed by atoms with Gasteiger partial charge in [0.1, 0.15) is 5.82 Å². The monoisotopic (exact) mass is 290 g/mol. The number of carbonyl (C=O) groups is 2. The lowest BCUT2D eigenvalue weighted by atomic mass is 9.96. The van der Waals surface area contributed by atoms with E-state index in [0.29, 0.717) is 32.4 Å². The van der Waals surface area contributed by atoms with Crippen LogP contribution in [0, 0.1) is 11.7 Å². The normalized spacial score (nSPS) is 16.3. The van der Waals surface area contributed by atoms with E-state index < -0.39 is 0 Å². The summed E-state index contributed by atoms with van der Waals surface area (Å²) in [6.07, 6.45) is 5.16. The van der Waals surface area contributed by atoms with Crippen molar-refractivity contribution in [1.29, 1.82) is 0 Å². The van der Waals surface area contributed by atoms with Crippen molar-refractivity contribution in [2.45, 2.75) is 19.3 Å². The van der Waals surface area contributed by atoms with Crippen molar-refractivity contribution in [2.24, 2.45) is 11.7 Å². The molecule has 0 aliphatic carbocycles. The first-order chi connectivity index (χ1) is 10.1. The summed E-state index contributed by atoms with van der Waals surface area (Å²) in [4.78, 5) is 24.8. The van der Waals surface area contributed by atoms with E-state index in [1.165, 1.54) is 12.1 Å². The molecule has 1 aromatic carbocycles. The minimum atomic E-state index is -0.279. The Labute approximate surface area is 123 Å². The second-order valence-electron chi connectivity index (χ2n) is 5.22. The average Bonchev–Trinajstić information content (AvgIpc) is 2.49. The number of halogens is 1. The van der Waals surface area contributed by atoms with E-state index in [4.69, 9.17) is 5.73 Å². The highest BCUT2D eigenvalue weighted by atomic mass is 19.1. The van der Waals surface area contributed by atoms with Gasteiger partial charge >= 0.3 is 0 Å². The summed E-state index contributed by atoms with van der Waals surface area (Å²) >= 11 is 0. The number of amides is 2. The quantitative estimate of drug-likeness (QED) is 0.921. The highest BCUT2D eigenvalue weighted by Gasteiger charge is 2.25. The number of hydrogen-bond acceptors (Lipinski definition) is 2. The molecule has 2 rings (SSSR count). The first-order valence-electron chi connectivity index (χ1n) is 7.05. The maximum atomic E-state index is 12.8. The fourth-order valence-electron chi connectivity index (χ4n) is 2.41. The van der Waals surface area contributed by atoms with Crippen LogP contribution >= 0.6 is 0 Å². The molecule has 2 N–H and O–H groups in total. The van der Waals surface area contributed by atoms with Crippen LogP contribution in [0.1, 0.15) is 24.8 Å². The van der Waals surface area contributed by atoms with E-state index >= 15 is 0 Å². The maximum Gasteiger partial charge on any atom is 0.226 e. The smallest absolute Gasteiger partial charge is 0.226 e. The fourth-order valence-corrected chi connectivity index (χ4v) is 2.41. The molecule has 112 valence electrons. The Balaban J connectivity index is 1.80. The molecule has 1 aliphatic rings. The number of benzene rings is 1. The summed E-state index contributed by atoms with van der Waals surface area (Å²) < 4.78 is 12.8. The third-order valence-corrected chi connectivity index (χ3v) is 3.72. The Kier molecular flexibility index (Phi) is 5.09. The van der Waals surface area contributed by atoms with Gasteiger partial charge in [-0.3, -0.25) is 9.59 Å². The molecule has 2 amide bonds. The molecule has 21 heavy (non-hydrogen) atoms. The Morgan fingerprint density at radius 2 is 1.86 bits per heavy atom. The van der Waals surface area contributed by atoms with Crippen LogP contribution in [0.25, 0.3) is 6.08 Å². The lowest BCUT2D eigenvalue weighted by Crippen LogP contribution is -2.41. The molecule has 1 heterocycles. The van der Waals surface area contributed by atoms with Gasteiger partial charge in [-0.25, -0.2) is 4.39 Å². The molecule has 1 fully saturated rings. The van der Waals surface area contributed by atoms with Crippen LogP contribution in [0.2, 0.25) is 0 Å². The summed E-state index contributed by atoms with van der Waals surface area (Å²) in [6, 6.07) is 6.09. The van der Waals surface area contributed by atoms with Gasteiger partial charge in [0, 0.05) is 25.4 Å². The van der Waals surface area contributed by atoms with Crippen molar-refractivity contribution in [3.63, 3.8) is 0 Å². The Morgan fingerprint density at radius 1 is 1.24 bits per heavy atom. The van der Waals surface area contributed by atoms with Gasteiger partial charge in [-0.1, -0.05) is 24.3 Å². The minimum absolute atomic E-state index is 0.0382. The number of carbonyl (C=O) groups excluding carboxylic acids is 2. The van der Waals surface area contributed by atoms with Gasteiger partial charge in [0.25, 0.3) is 0 Å². The third-order valence-electron chi connectivity index (χ3n) is 3.72. The van der Waals surface area contributed by atoms with Crippen LogP contribution in [-0.2, 0) is 9.59 Å². The first-order valence-corrected chi connectivity index (χ1v) is 7.05. The zero-order chi connectivity index (χ0) is 15.2. The molecule has 5 heteroatoms. The second-order valence-corrected chi connectivity index (χ2v) is 5.22. The van der Waals surface area contributed by atoms with Crippen LogP contribution in [0.15, 0.2) is 30.3 Å². The van der Waals surface area contributed by atoms with Crippen molar-refractivity contribution in [2.75, 3.05) is 13.1 Å². The van der Waals surface area contributed by atoms with Crippen molar-refractivity contribution in [3.05, 3.63) is 41.7 Å². The van der Waals surface area contributed by atoms with Gasteiger partial charge in [-0.2, -0.15) is 0 Å². The van der Waals surface area contributed by atoms with E-state index in [-0.39, 0.29) is 23.5 Å². The van der Waals surface area contributed by atoms with Gasteiger partial charge in [0.2, 0.25) is 11.8 Å². The summed E-state index contributed by atoms with van der Waals surface area (Å²) in [7, 11) is 0. The largest absolute Gasteiger partial charge is 0.369 e. The van der Waals surface area contributed by atoms with Crippen molar-refractivity contribution in [3.8, 4) is 0 Å². The zero-order valence-electron chi connectivity index (χ0n) is 11.8. The molecule has 0 bridgehead atoms. The van der Waals surface area contributed by atoms with Crippen LogP contribution in [0.4, 0.5) is 4.39 Å². The predicted molar refractivity (Wildman–Crippen MR) is 78.5 cm³/mol. The van der Waals surface area contributed by atoms with E-state index in [9.17, 15) is 14.0 Å². The van der Waals surface area contributed by atoms with E-state index in [1.807, 2.05) is 0 Å². The number of hydrogen-bond donors (Lipinski definition) is 1. The summed E-state index contributed by atoms with van der Waals surface area (Å²) in [5.74, 6) is -0.626. The molecule has 1 saturated heterocycles. The number of nitrogens with zero attached hydrogens (tertiary/aromatic N) is 1. The summed E-state index contributed by atoms with van der Waals surface area (Å²) in [5.41, 5.74) is 6.12. The standard InChI is InChI=1S/C16H19FN2O2/c17-14-6-4-12(5-7-14)2-1-3-15(20)19-10-8-13(9-11-19)16(18)21/h1-2,4-7,13H,3,8-11H2,(H2,18,21)/b2-1+. The number of piperidine rings is 1. The Morgan fingerprint density at radius 3 is 2.43 bits per heavy atom. The highest BCUT2D eigenvalue weighted by molar-refractivity contribution is 5.80. The Hall–Kier alpha value is -2.17. The van der Waals surface area contributed by atoms with Crippen molar-refractivity contribution < 1.29 is 14.0 Å². The lowest BCUT2D eigenvalue weighted by molar-refractivity contribution is -0.134. The molecule has 0 radical (unpaired) electrons. The van der Waals surface area contributed by atoms with Crippen LogP contribution < -0.4 is 5.73 Å². The van der Waals surface area contributed by atoms with E-state index in [0.717, 1.165) is 5.56 Å².